The van der Waals surface area contributed by atoms with Gasteiger partial charge in [0, 0.05) is 5.57 Å². The topological polar surface area (TPSA) is 49.7 Å². The molecule has 1 heterocycles. The lowest BCUT2D eigenvalue weighted by Crippen LogP contribution is -2.35. The molecule has 0 aromatic carbocycles. The fourth-order valence-corrected chi connectivity index (χ4v) is 1.58. The summed E-state index contributed by atoms with van der Waals surface area (Å²) in [6.45, 7) is 4.65. The molecular formula is C9H12FNO2. The number of halogens is 1. The predicted octanol–water partition coefficient (Wildman–Crippen LogP) is 1.94. The number of carbonyl (C=O) groups is 1. The van der Waals surface area contributed by atoms with E-state index in [9.17, 15) is 9.18 Å². The average Bonchev–Trinajstić information content (AvgIpc) is 2.30. The van der Waals surface area contributed by atoms with Crippen LogP contribution >= 0.6 is 0 Å². The zero-order valence-electron chi connectivity index (χ0n) is 7.89. The number of rotatable bonds is 2. The second kappa shape index (κ2) is 2.94. The molecule has 13 heavy (non-hydrogen) atoms. The lowest BCUT2D eigenvalue weighted by molar-refractivity contribution is -0.141. The molecule has 0 saturated carbocycles. The third-order valence-corrected chi connectivity index (χ3v) is 2.49. The van der Waals surface area contributed by atoms with Gasteiger partial charge in [-0.25, -0.2) is 9.18 Å². The van der Waals surface area contributed by atoms with Gasteiger partial charge in [-0.1, -0.05) is 6.92 Å². The Balaban J connectivity index is 3.28. The Morgan fingerprint density at radius 3 is 2.31 bits per heavy atom. The van der Waals surface area contributed by atoms with Crippen LogP contribution in [0.2, 0.25) is 0 Å². The van der Waals surface area contributed by atoms with E-state index in [4.69, 9.17) is 5.11 Å². The van der Waals surface area contributed by atoms with Crippen molar-refractivity contribution in [3.63, 3.8) is 0 Å². The first-order valence-corrected chi connectivity index (χ1v) is 4.12. The van der Waals surface area contributed by atoms with Gasteiger partial charge < -0.3 is 5.11 Å². The van der Waals surface area contributed by atoms with E-state index in [1.807, 2.05) is 0 Å². The molecule has 0 aromatic heterocycles. The maximum Gasteiger partial charge on any atom is 0.336 e. The van der Waals surface area contributed by atoms with Gasteiger partial charge in [0.05, 0.1) is 5.71 Å². The molecule has 4 heteroatoms. The number of nitrogens with zero attached hydrogens (tertiary/aromatic N) is 1. The van der Waals surface area contributed by atoms with Gasteiger partial charge in [0.2, 0.25) is 0 Å². The fraction of sp³-hybridized carbons (Fsp3) is 0.556. The third-order valence-electron chi connectivity index (χ3n) is 2.49. The number of aliphatic imine (C=N–C) groups is 1. The van der Waals surface area contributed by atoms with Gasteiger partial charge in [-0.15, -0.1) is 0 Å². The van der Waals surface area contributed by atoms with Gasteiger partial charge in [-0.2, -0.15) is 0 Å². The summed E-state index contributed by atoms with van der Waals surface area (Å²) in [5.74, 6) is -1.57. The quantitative estimate of drug-likeness (QED) is 0.714. The van der Waals surface area contributed by atoms with E-state index in [2.05, 4.69) is 4.99 Å². The van der Waals surface area contributed by atoms with Gasteiger partial charge >= 0.3 is 5.97 Å². The standard InChI is InChI=1S/C9H12FNO2/c1-4-9(8(12)13)5(2)7(10)6(3)11-9/h4H2,1-3H3,(H,12,13). The van der Waals surface area contributed by atoms with E-state index in [1.54, 1.807) is 6.92 Å². The Labute approximate surface area is 76.0 Å². The van der Waals surface area contributed by atoms with Gasteiger partial charge in [-0.3, -0.25) is 4.99 Å². The summed E-state index contributed by atoms with van der Waals surface area (Å²) in [6.07, 6.45) is 0.277. The number of carboxylic acid groups (broad SMARTS) is 1. The lowest BCUT2D eigenvalue weighted by atomic mass is 9.90. The molecule has 1 atom stereocenters. The summed E-state index contributed by atoms with van der Waals surface area (Å²) >= 11 is 0. The van der Waals surface area contributed by atoms with E-state index in [-0.39, 0.29) is 17.7 Å². The van der Waals surface area contributed by atoms with Crippen molar-refractivity contribution in [2.45, 2.75) is 32.7 Å². The van der Waals surface area contributed by atoms with Crippen LogP contribution in [0.5, 0.6) is 0 Å². The number of hydrogen-bond acceptors (Lipinski definition) is 2. The van der Waals surface area contributed by atoms with Crippen molar-refractivity contribution in [3.05, 3.63) is 11.4 Å². The first kappa shape index (κ1) is 9.89. The largest absolute Gasteiger partial charge is 0.479 e. The zero-order valence-corrected chi connectivity index (χ0v) is 7.89. The van der Waals surface area contributed by atoms with Crippen LogP contribution in [-0.2, 0) is 4.79 Å². The van der Waals surface area contributed by atoms with Crippen molar-refractivity contribution < 1.29 is 14.3 Å². The average molecular weight is 185 g/mol. The third kappa shape index (κ3) is 1.17. The van der Waals surface area contributed by atoms with Crippen molar-refractivity contribution in [2.24, 2.45) is 4.99 Å². The summed E-state index contributed by atoms with van der Waals surface area (Å²) in [7, 11) is 0. The number of allylic oxidation sites excluding steroid dienone is 1. The second-order valence-electron chi connectivity index (χ2n) is 3.16. The second-order valence-corrected chi connectivity index (χ2v) is 3.16. The van der Waals surface area contributed by atoms with Crippen LogP contribution in [-0.4, -0.2) is 22.3 Å². The van der Waals surface area contributed by atoms with Gasteiger partial charge in [0.1, 0.15) is 5.83 Å². The molecule has 3 nitrogen and oxygen atoms in total. The molecule has 0 fully saturated rings. The van der Waals surface area contributed by atoms with Crippen LogP contribution in [0.1, 0.15) is 27.2 Å². The van der Waals surface area contributed by atoms with Crippen LogP contribution in [0.3, 0.4) is 0 Å². The monoisotopic (exact) mass is 185 g/mol. The zero-order chi connectivity index (χ0) is 10.2. The van der Waals surface area contributed by atoms with E-state index in [0.29, 0.717) is 0 Å². The molecule has 0 amide bonds. The molecule has 72 valence electrons. The normalized spacial score (nSPS) is 27.8. The Morgan fingerprint density at radius 2 is 2.15 bits per heavy atom. The molecule has 1 N–H and O–H groups in total. The van der Waals surface area contributed by atoms with E-state index in [1.165, 1.54) is 13.8 Å². The van der Waals surface area contributed by atoms with Crippen LogP contribution < -0.4 is 0 Å². The number of aliphatic carboxylic acids is 1. The fourth-order valence-electron chi connectivity index (χ4n) is 1.58. The first-order chi connectivity index (χ1) is 5.95. The highest BCUT2D eigenvalue weighted by atomic mass is 19.1. The van der Waals surface area contributed by atoms with Crippen molar-refractivity contribution in [1.29, 1.82) is 0 Å². The van der Waals surface area contributed by atoms with Crippen LogP contribution in [0.25, 0.3) is 0 Å². The van der Waals surface area contributed by atoms with Crippen molar-refractivity contribution >= 4 is 11.7 Å². The van der Waals surface area contributed by atoms with Crippen molar-refractivity contribution in [3.8, 4) is 0 Å². The maximum absolute atomic E-state index is 13.2. The highest BCUT2D eigenvalue weighted by Crippen LogP contribution is 2.35. The minimum atomic E-state index is -1.35. The lowest BCUT2D eigenvalue weighted by Gasteiger charge is -2.20. The molecule has 0 bridgehead atoms. The van der Waals surface area contributed by atoms with E-state index < -0.39 is 17.3 Å². The Bertz CT molecular complexity index is 320. The molecule has 0 spiro atoms. The number of carboxylic acids is 1. The molecule has 0 aromatic rings. The summed E-state index contributed by atoms with van der Waals surface area (Å²) in [4.78, 5) is 14.8. The first-order valence-electron chi connectivity index (χ1n) is 4.12. The van der Waals surface area contributed by atoms with Crippen LogP contribution in [0, 0.1) is 0 Å². The molecule has 1 aliphatic rings. The van der Waals surface area contributed by atoms with E-state index in [0.717, 1.165) is 0 Å². The van der Waals surface area contributed by atoms with Gasteiger partial charge in [0.25, 0.3) is 0 Å². The van der Waals surface area contributed by atoms with E-state index >= 15 is 0 Å². The Hall–Kier alpha value is -1.19. The smallest absolute Gasteiger partial charge is 0.336 e. The highest BCUT2D eigenvalue weighted by Gasteiger charge is 2.44. The Morgan fingerprint density at radius 1 is 1.62 bits per heavy atom. The summed E-state index contributed by atoms with van der Waals surface area (Å²) < 4.78 is 13.2. The van der Waals surface area contributed by atoms with Crippen molar-refractivity contribution in [1.82, 2.24) is 0 Å². The predicted molar refractivity (Wildman–Crippen MR) is 47.6 cm³/mol. The van der Waals surface area contributed by atoms with Crippen molar-refractivity contribution in [2.75, 3.05) is 0 Å². The maximum atomic E-state index is 13.2. The molecule has 1 unspecified atom stereocenters. The van der Waals surface area contributed by atoms with Gasteiger partial charge in [-0.05, 0) is 20.3 Å². The molecule has 0 aliphatic carbocycles. The Kier molecular flexibility index (Phi) is 2.24. The highest BCUT2D eigenvalue weighted by molar-refractivity contribution is 6.04. The molecular weight excluding hydrogens is 173 g/mol. The number of hydrogen-bond donors (Lipinski definition) is 1. The minimum Gasteiger partial charge on any atom is -0.479 e. The molecule has 1 rings (SSSR count). The SMILES string of the molecule is CCC1(C(=O)O)N=C(C)C(F)=C1C. The summed E-state index contributed by atoms with van der Waals surface area (Å²) in [6, 6.07) is 0. The van der Waals surface area contributed by atoms with Gasteiger partial charge in [0.15, 0.2) is 5.54 Å². The van der Waals surface area contributed by atoms with Crippen LogP contribution in [0.4, 0.5) is 4.39 Å². The molecule has 0 saturated heterocycles. The minimum absolute atomic E-state index is 0.182. The summed E-state index contributed by atoms with van der Waals surface area (Å²) in [5.41, 5.74) is -0.962. The van der Waals surface area contributed by atoms with Crippen LogP contribution in [0.15, 0.2) is 16.4 Å². The molecule has 0 radical (unpaired) electrons. The molecule has 1 aliphatic heterocycles. The summed E-state index contributed by atoms with van der Waals surface area (Å²) in [5, 5.41) is 8.96.